The van der Waals surface area contributed by atoms with Gasteiger partial charge >= 0.3 is 0 Å². The van der Waals surface area contributed by atoms with Crippen LogP contribution in [-0.2, 0) is 21.7 Å². The van der Waals surface area contributed by atoms with Crippen LogP contribution in [0.5, 0.6) is 11.5 Å². The van der Waals surface area contributed by atoms with E-state index in [1.807, 2.05) is 6.20 Å². The summed E-state index contributed by atoms with van der Waals surface area (Å²) in [6.45, 7) is 27.2. The van der Waals surface area contributed by atoms with Crippen LogP contribution in [0.1, 0.15) is 105 Å². The van der Waals surface area contributed by atoms with Crippen LogP contribution in [0.3, 0.4) is 0 Å². The second-order valence-corrected chi connectivity index (χ2v) is 28.1. The molecule has 0 saturated heterocycles. The zero-order valence-electron chi connectivity index (χ0n) is 53.1. The lowest BCUT2D eigenvalue weighted by Crippen LogP contribution is -2.25. The van der Waals surface area contributed by atoms with Gasteiger partial charge in [-0.1, -0.05) is 210 Å². The van der Waals surface area contributed by atoms with Crippen molar-refractivity contribution < 1.29 is 13.5 Å². The average molecular weight is 1170 g/mol. The smallest absolute Gasteiger partial charge is 0.137 e. The number of fused-ring (bicyclic) bond motifs is 4. The van der Waals surface area contributed by atoms with E-state index >= 15 is 8.78 Å². The van der Waals surface area contributed by atoms with Crippen LogP contribution in [0.2, 0.25) is 0 Å². The van der Waals surface area contributed by atoms with Gasteiger partial charge < -0.3 is 14.5 Å². The molecule has 0 radical (unpaired) electrons. The van der Waals surface area contributed by atoms with E-state index in [-0.39, 0.29) is 21.7 Å². The molecule has 0 bridgehead atoms. The van der Waals surface area contributed by atoms with Crippen LogP contribution in [0.15, 0.2) is 231 Å². The number of benzene rings is 10. The fraction of sp³-hybridized carbons (Fsp3) is 0.207. The number of anilines is 4. The number of pyridine rings is 1. The van der Waals surface area contributed by atoms with Gasteiger partial charge in [0, 0.05) is 52.0 Å². The number of hydrogen-bond donors (Lipinski definition) is 0. The molecule has 3 heterocycles. The Hall–Kier alpha value is -9.59. The van der Waals surface area contributed by atoms with E-state index in [1.165, 1.54) is 28.8 Å². The zero-order chi connectivity index (χ0) is 62.3. The molecule has 0 aliphatic carbocycles. The third kappa shape index (κ3) is 11.3. The standard InChI is InChI=1S/C82H76F2N4O/c1-79(2,3)57-36-37-85-76(47-57)88-72-31-20-19-28-68(72)69-35-34-64(50-75(69)88)89-65-43-56(77-66(52-24-15-13-16-25-52)29-23-30-67(77)53-26-17-14-18-27-53)42-63(49-65)86-51-87(74-33-22-21-32-73(74)86)78-70(54-38-58(80(4,5)6)44-59(39-54)81(7,8)9)45-60(82(10,11)12)46-71(78)55-40-61(83)48-62(84)41-55/h13-50H,51H2,1-12H3. The molecule has 12 aromatic rings. The Morgan fingerprint density at radius 3 is 1.49 bits per heavy atom. The van der Waals surface area contributed by atoms with E-state index in [1.54, 1.807) is 0 Å². The van der Waals surface area contributed by atoms with Gasteiger partial charge in [0.2, 0.25) is 0 Å². The van der Waals surface area contributed by atoms with Gasteiger partial charge in [0.1, 0.15) is 35.6 Å². The van der Waals surface area contributed by atoms with Crippen LogP contribution < -0.4 is 14.5 Å². The minimum absolute atomic E-state index is 0.0871. The summed E-state index contributed by atoms with van der Waals surface area (Å²) in [4.78, 5) is 9.71. The van der Waals surface area contributed by atoms with E-state index in [0.717, 1.165) is 112 Å². The molecular weight excluding hydrogens is 1090 g/mol. The molecule has 1 aliphatic heterocycles. The van der Waals surface area contributed by atoms with Gasteiger partial charge in [-0.05, 0) is 167 Å². The highest BCUT2D eigenvalue weighted by molar-refractivity contribution is 6.09. The first-order valence-electron chi connectivity index (χ1n) is 31.0. The van der Waals surface area contributed by atoms with E-state index in [2.05, 4.69) is 304 Å². The predicted octanol–water partition coefficient (Wildman–Crippen LogP) is 23.0. The monoisotopic (exact) mass is 1170 g/mol. The summed E-state index contributed by atoms with van der Waals surface area (Å²) in [5.41, 5.74) is 19.1. The quantitative estimate of drug-likeness (QED) is 0.137. The van der Waals surface area contributed by atoms with E-state index in [0.29, 0.717) is 23.7 Å². The number of nitrogens with zero attached hydrogens (tertiary/aromatic N) is 4. The summed E-state index contributed by atoms with van der Waals surface area (Å²) >= 11 is 0. The molecular formula is C82H76F2N4O. The van der Waals surface area contributed by atoms with Crippen LogP contribution in [0.25, 0.3) is 83.3 Å². The highest BCUT2D eigenvalue weighted by atomic mass is 19.1. The number of hydrogen-bond acceptors (Lipinski definition) is 4. The lowest BCUT2D eigenvalue weighted by atomic mass is 9.77. The Morgan fingerprint density at radius 1 is 0.371 bits per heavy atom. The summed E-state index contributed by atoms with van der Waals surface area (Å²) in [5.74, 6) is 0.881. The molecule has 0 spiro atoms. The van der Waals surface area contributed by atoms with Crippen molar-refractivity contribution >= 4 is 44.6 Å². The van der Waals surface area contributed by atoms with E-state index < -0.39 is 11.6 Å². The molecule has 5 nitrogen and oxygen atoms in total. The number of ether oxygens (including phenoxy) is 1. The Balaban J connectivity index is 1.05. The van der Waals surface area contributed by atoms with Crippen molar-refractivity contribution in [2.24, 2.45) is 0 Å². The first-order chi connectivity index (χ1) is 42.4. The van der Waals surface area contributed by atoms with Gasteiger partial charge in [-0.25, -0.2) is 13.8 Å². The van der Waals surface area contributed by atoms with Crippen molar-refractivity contribution in [1.82, 2.24) is 9.55 Å². The maximum absolute atomic E-state index is 15.9. The Morgan fingerprint density at radius 2 is 0.899 bits per heavy atom. The van der Waals surface area contributed by atoms with Gasteiger partial charge in [-0.3, -0.25) is 4.57 Å². The van der Waals surface area contributed by atoms with Crippen LogP contribution >= 0.6 is 0 Å². The molecule has 0 amide bonds. The first kappa shape index (κ1) is 58.4. The highest BCUT2D eigenvalue weighted by Crippen LogP contribution is 2.54. The number of rotatable bonds is 10. The van der Waals surface area contributed by atoms with Gasteiger partial charge in [0.15, 0.2) is 0 Å². The van der Waals surface area contributed by atoms with Gasteiger partial charge in [0.05, 0.1) is 28.1 Å². The fourth-order valence-corrected chi connectivity index (χ4v) is 12.7. The molecule has 0 unspecified atom stereocenters. The zero-order valence-corrected chi connectivity index (χ0v) is 53.1. The van der Waals surface area contributed by atoms with Crippen LogP contribution in [0, 0.1) is 11.6 Å². The molecule has 1 aliphatic rings. The topological polar surface area (TPSA) is 33.5 Å². The second-order valence-electron chi connectivity index (χ2n) is 28.1. The van der Waals surface area contributed by atoms with Gasteiger partial charge in [-0.2, -0.15) is 0 Å². The molecule has 0 saturated carbocycles. The Labute approximate surface area is 523 Å². The predicted molar refractivity (Wildman–Crippen MR) is 369 cm³/mol. The highest BCUT2D eigenvalue weighted by Gasteiger charge is 2.35. The second kappa shape index (κ2) is 22.2. The molecule has 89 heavy (non-hydrogen) atoms. The molecule has 0 atom stereocenters. The van der Waals surface area contributed by atoms with Crippen molar-refractivity contribution in [2.45, 2.75) is 105 Å². The SMILES string of the molecule is CC(C)(C)c1cc(-c2cc(C(C)(C)C)cc(-c3cc(F)cc(F)c3)c2N2CN(c3cc(Oc4ccc5c6ccccc6n(-c6cc(C(C)(C)C)ccn6)c5c4)cc(-c4c(-c5ccccc5)cccc4-c4ccccc4)c3)c3ccccc32)cc(C(C)(C)C)c1. The minimum atomic E-state index is -0.635. The van der Waals surface area contributed by atoms with Gasteiger partial charge in [-0.15, -0.1) is 0 Å². The molecule has 7 heteroatoms. The molecule has 13 rings (SSSR count). The lowest BCUT2D eigenvalue weighted by molar-refractivity contribution is 0.483. The number of halogens is 2. The van der Waals surface area contributed by atoms with Crippen molar-refractivity contribution in [1.29, 1.82) is 0 Å². The number of para-hydroxylation sites is 3. The maximum atomic E-state index is 15.9. The maximum Gasteiger partial charge on any atom is 0.137 e. The van der Waals surface area contributed by atoms with Crippen molar-refractivity contribution in [3.63, 3.8) is 0 Å². The molecule has 0 N–H and O–H groups in total. The molecule has 10 aromatic carbocycles. The van der Waals surface area contributed by atoms with Crippen LogP contribution in [0.4, 0.5) is 31.5 Å². The van der Waals surface area contributed by atoms with Crippen molar-refractivity contribution in [2.75, 3.05) is 16.5 Å². The lowest BCUT2D eigenvalue weighted by Gasteiger charge is -2.32. The summed E-state index contributed by atoms with van der Waals surface area (Å²) in [6.07, 6.45) is 1.91. The molecule has 2 aromatic heterocycles. The third-order valence-electron chi connectivity index (χ3n) is 17.6. The average Bonchev–Trinajstić information content (AvgIpc) is 1.88. The summed E-state index contributed by atoms with van der Waals surface area (Å²) in [5, 5.41) is 2.22. The van der Waals surface area contributed by atoms with E-state index in [9.17, 15) is 0 Å². The van der Waals surface area contributed by atoms with Gasteiger partial charge in [0.25, 0.3) is 0 Å². The largest absolute Gasteiger partial charge is 0.457 e. The summed E-state index contributed by atoms with van der Waals surface area (Å²) in [6, 6.07) is 77.5. The Kier molecular flexibility index (Phi) is 14.6. The summed E-state index contributed by atoms with van der Waals surface area (Å²) < 4.78 is 41.4. The van der Waals surface area contributed by atoms with Crippen LogP contribution in [-0.4, -0.2) is 16.2 Å². The van der Waals surface area contributed by atoms with E-state index in [4.69, 9.17) is 9.72 Å². The molecule has 444 valence electrons. The fourth-order valence-electron chi connectivity index (χ4n) is 12.7. The third-order valence-corrected chi connectivity index (χ3v) is 17.6. The number of aromatic nitrogens is 2. The van der Waals surface area contributed by atoms with Crippen molar-refractivity contribution in [3.05, 3.63) is 265 Å². The van der Waals surface area contributed by atoms with Crippen molar-refractivity contribution in [3.8, 4) is 73.0 Å². The summed E-state index contributed by atoms with van der Waals surface area (Å²) in [7, 11) is 0. The first-order valence-corrected chi connectivity index (χ1v) is 31.0. The Bertz CT molecular complexity index is 4580. The molecule has 0 fully saturated rings. The minimum Gasteiger partial charge on any atom is -0.457 e. The normalized spacial score (nSPS) is 13.0.